The Balaban J connectivity index is 2.58. The minimum absolute atomic E-state index is 0.382. The molecule has 1 heterocycles. The van der Waals surface area contributed by atoms with Gasteiger partial charge in [0, 0.05) is 5.69 Å². The topological polar surface area (TPSA) is 56.7 Å². The van der Waals surface area contributed by atoms with E-state index in [2.05, 4.69) is 10.2 Å². The Kier molecular flexibility index (Phi) is 1.92. The lowest BCUT2D eigenvalue weighted by atomic mass is 10.2. The van der Waals surface area contributed by atoms with Crippen molar-refractivity contribution in [3.8, 4) is 5.69 Å². The van der Waals surface area contributed by atoms with Crippen molar-refractivity contribution in [1.82, 2.24) is 14.8 Å². The van der Waals surface area contributed by atoms with Gasteiger partial charge in [0.25, 0.3) is 0 Å². The maximum Gasteiger partial charge on any atom is 0.149 e. The second-order valence-electron chi connectivity index (χ2n) is 2.96. The van der Waals surface area contributed by atoms with Gasteiger partial charge in [0.05, 0.1) is 5.69 Å². The third-order valence-electron chi connectivity index (χ3n) is 1.95. The Labute approximate surface area is 80.2 Å². The predicted octanol–water partition coefficient (Wildman–Crippen LogP) is 1.30. The summed E-state index contributed by atoms with van der Waals surface area (Å²) in [6.45, 7) is 1.75. The number of aryl methyl sites for hydroxylation is 1. The van der Waals surface area contributed by atoms with Gasteiger partial charge in [-0.3, -0.25) is 4.57 Å². The van der Waals surface area contributed by atoms with E-state index >= 15 is 0 Å². The quantitative estimate of drug-likeness (QED) is 0.693. The minimum atomic E-state index is -0.382. The highest BCUT2D eigenvalue weighted by Gasteiger charge is 2.07. The molecule has 1 aromatic heterocycles. The molecule has 0 amide bonds. The second kappa shape index (κ2) is 3.10. The first kappa shape index (κ1) is 8.68. The highest BCUT2D eigenvalue weighted by Crippen LogP contribution is 2.16. The third-order valence-corrected chi connectivity index (χ3v) is 1.95. The largest absolute Gasteiger partial charge is 0.399 e. The van der Waals surface area contributed by atoms with Crippen LogP contribution in [0.4, 0.5) is 10.1 Å². The molecule has 2 rings (SSSR count). The van der Waals surface area contributed by atoms with E-state index in [0.29, 0.717) is 17.2 Å². The molecule has 0 aliphatic rings. The number of aromatic nitrogens is 3. The Hall–Kier alpha value is -1.91. The fourth-order valence-corrected chi connectivity index (χ4v) is 1.25. The lowest BCUT2D eigenvalue weighted by Crippen LogP contribution is -1.99. The molecule has 2 N–H and O–H groups in total. The van der Waals surface area contributed by atoms with Crippen LogP contribution in [0.3, 0.4) is 0 Å². The van der Waals surface area contributed by atoms with Gasteiger partial charge in [-0.25, -0.2) is 4.39 Å². The predicted molar refractivity (Wildman–Crippen MR) is 50.5 cm³/mol. The summed E-state index contributed by atoms with van der Waals surface area (Å²) >= 11 is 0. The SMILES string of the molecule is Cc1nncn1-c1ccc(N)cc1F. The van der Waals surface area contributed by atoms with E-state index in [9.17, 15) is 4.39 Å². The standard InChI is InChI=1S/C9H9FN4/c1-6-13-12-5-14(6)9-3-2-7(11)4-8(9)10/h2-5H,11H2,1H3. The van der Waals surface area contributed by atoms with Crippen molar-refractivity contribution < 1.29 is 4.39 Å². The third kappa shape index (κ3) is 1.32. The Morgan fingerprint density at radius 2 is 2.21 bits per heavy atom. The number of nitrogens with zero attached hydrogens (tertiary/aromatic N) is 3. The van der Waals surface area contributed by atoms with Crippen LogP contribution in [0.1, 0.15) is 5.82 Å². The summed E-state index contributed by atoms with van der Waals surface area (Å²) in [5.41, 5.74) is 6.24. The Bertz CT molecular complexity index is 464. The number of benzene rings is 1. The van der Waals surface area contributed by atoms with Crippen molar-refractivity contribution in [1.29, 1.82) is 0 Å². The molecule has 14 heavy (non-hydrogen) atoms. The van der Waals surface area contributed by atoms with Crippen LogP contribution in [0.15, 0.2) is 24.5 Å². The van der Waals surface area contributed by atoms with Crippen LogP contribution in [-0.2, 0) is 0 Å². The van der Waals surface area contributed by atoms with Crippen LogP contribution in [0.25, 0.3) is 5.69 Å². The van der Waals surface area contributed by atoms with Gasteiger partial charge in [-0.1, -0.05) is 0 Å². The monoisotopic (exact) mass is 192 g/mol. The second-order valence-corrected chi connectivity index (χ2v) is 2.96. The van der Waals surface area contributed by atoms with Crippen molar-refractivity contribution in [2.75, 3.05) is 5.73 Å². The van der Waals surface area contributed by atoms with Crippen LogP contribution in [0.5, 0.6) is 0 Å². The zero-order valence-corrected chi connectivity index (χ0v) is 7.61. The summed E-state index contributed by atoms with van der Waals surface area (Å²) in [6.07, 6.45) is 1.46. The highest BCUT2D eigenvalue weighted by atomic mass is 19.1. The zero-order chi connectivity index (χ0) is 10.1. The smallest absolute Gasteiger partial charge is 0.149 e. The first-order chi connectivity index (χ1) is 6.68. The van der Waals surface area contributed by atoms with Crippen LogP contribution >= 0.6 is 0 Å². The van der Waals surface area contributed by atoms with Crippen molar-refractivity contribution in [2.24, 2.45) is 0 Å². The molecular formula is C9H9FN4. The Morgan fingerprint density at radius 3 is 2.79 bits per heavy atom. The summed E-state index contributed by atoms with van der Waals surface area (Å²) in [5, 5.41) is 7.45. The lowest BCUT2D eigenvalue weighted by molar-refractivity contribution is 0.617. The number of nitrogens with two attached hydrogens (primary N) is 1. The van der Waals surface area contributed by atoms with Crippen molar-refractivity contribution in [2.45, 2.75) is 6.92 Å². The molecule has 0 bridgehead atoms. The van der Waals surface area contributed by atoms with Gasteiger partial charge in [0.2, 0.25) is 0 Å². The van der Waals surface area contributed by atoms with E-state index in [1.807, 2.05) is 0 Å². The molecule has 0 atom stereocenters. The number of hydrogen-bond acceptors (Lipinski definition) is 3. The van der Waals surface area contributed by atoms with Crippen LogP contribution in [-0.4, -0.2) is 14.8 Å². The first-order valence-electron chi connectivity index (χ1n) is 4.10. The van der Waals surface area contributed by atoms with Gasteiger partial charge in [-0.15, -0.1) is 10.2 Å². The fraction of sp³-hybridized carbons (Fsp3) is 0.111. The molecule has 4 nitrogen and oxygen atoms in total. The molecule has 0 fully saturated rings. The Morgan fingerprint density at radius 1 is 1.43 bits per heavy atom. The van der Waals surface area contributed by atoms with Gasteiger partial charge >= 0.3 is 0 Å². The van der Waals surface area contributed by atoms with Crippen LogP contribution < -0.4 is 5.73 Å². The molecular weight excluding hydrogens is 183 g/mol. The average molecular weight is 192 g/mol. The van der Waals surface area contributed by atoms with Gasteiger partial charge in [0.15, 0.2) is 0 Å². The van der Waals surface area contributed by atoms with E-state index in [1.165, 1.54) is 12.4 Å². The number of hydrogen-bond donors (Lipinski definition) is 1. The normalized spacial score (nSPS) is 10.4. The van der Waals surface area contributed by atoms with E-state index in [1.54, 1.807) is 23.6 Å². The summed E-state index contributed by atoms with van der Waals surface area (Å²) in [4.78, 5) is 0. The summed E-state index contributed by atoms with van der Waals surface area (Å²) < 4.78 is 15.0. The van der Waals surface area contributed by atoms with E-state index < -0.39 is 0 Å². The van der Waals surface area contributed by atoms with E-state index in [4.69, 9.17) is 5.73 Å². The number of anilines is 1. The number of nitrogen functional groups attached to an aromatic ring is 1. The summed E-state index contributed by atoms with van der Waals surface area (Å²) in [5.74, 6) is 0.251. The molecule has 2 aromatic rings. The zero-order valence-electron chi connectivity index (χ0n) is 7.61. The maximum absolute atomic E-state index is 13.4. The molecule has 0 saturated carbocycles. The van der Waals surface area contributed by atoms with Gasteiger partial charge in [-0.2, -0.15) is 0 Å². The van der Waals surface area contributed by atoms with Gasteiger partial charge in [0.1, 0.15) is 18.0 Å². The van der Waals surface area contributed by atoms with Crippen molar-refractivity contribution in [3.05, 3.63) is 36.2 Å². The van der Waals surface area contributed by atoms with E-state index in [-0.39, 0.29) is 5.82 Å². The summed E-state index contributed by atoms with van der Waals surface area (Å²) in [6, 6.07) is 4.51. The molecule has 5 heteroatoms. The van der Waals surface area contributed by atoms with Gasteiger partial charge in [-0.05, 0) is 25.1 Å². The average Bonchev–Trinajstić information content (AvgIpc) is 2.52. The fourth-order valence-electron chi connectivity index (χ4n) is 1.25. The molecule has 0 aliphatic carbocycles. The first-order valence-corrected chi connectivity index (χ1v) is 4.10. The molecule has 0 aliphatic heterocycles. The van der Waals surface area contributed by atoms with Crippen molar-refractivity contribution in [3.63, 3.8) is 0 Å². The molecule has 0 saturated heterocycles. The van der Waals surface area contributed by atoms with E-state index in [0.717, 1.165) is 0 Å². The molecule has 0 unspecified atom stereocenters. The lowest BCUT2D eigenvalue weighted by Gasteiger charge is -2.05. The van der Waals surface area contributed by atoms with Gasteiger partial charge < -0.3 is 5.73 Å². The summed E-state index contributed by atoms with van der Waals surface area (Å²) in [7, 11) is 0. The highest BCUT2D eigenvalue weighted by molar-refractivity contribution is 5.46. The maximum atomic E-state index is 13.4. The molecule has 0 spiro atoms. The van der Waals surface area contributed by atoms with Crippen LogP contribution in [0, 0.1) is 12.7 Å². The van der Waals surface area contributed by atoms with Crippen LogP contribution in [0.2, 0.25) is 0 Å². The molecule has 72 valence electrons. The molecule has 0 radical (unpaired) electrons. The number of halogens is 1. The molecule has 1 aromatic carbocycles. The van der Waals surface area contributed by atoms with Crippen molar-refractivity contribution >= 4 is 5.69 Å². The minimum Gasteiger partial charge on any atom is -0.399 e. The number of rotatable bonds is 1.